The van der Waals surface area contributed by atoms with E-state index < -0.39 is 0 Å². The zero-order valence-electron chi connectivity index (χ0n) is 8.74. The van der Waals surface area contributed by atoms with Gasteiger partial charge in [0, 0.05) is 13.0 Å². The smallest absolute Gasteiger partial charge is 0.305 e. The van der Waals surface area contributed by atoms with E-state index in [0.717, 1.165) is 0 Å². The van der Waals surface area contributed by atoms with E-state index in [4.69, 9.17) is 14.9 Å². The van der Waals surface area contributed by atoms with Gasteiger partial charge in [0.2, 0.25) is 0 Å². The zero-order valence-corrected chi connectivity index (χ0v) is 8.74. The van der Waals surface area contributed by atoms with Gasteiger partial charge < -0.3 is 14.9 Å². The summed E-state index contributed by atoms with van der Waals surface area (Å²) < 4.78 is 4.89. The fraction of sp³-hybridized carbons (Fsp3) is 0.900. The first-order valence-corrected chi connectivity index (χ1v) is 5.11. The van der Waals surface area contributed by atoms with Crippen molar-refractivity contribution in [2.24, 2.45) is 0 Å². The van der Waals surface area contributed by atoms with Crippen LogP contribution in [0.25, 0.3) is 0 Å². The second-order valence-corrected chi connectivity index (χ2v) is 3.39. The van der Waals surface area contributed by atoms with Crippen molar-refractivity contribution in [3.63, 3.8) is 0 Å². The van der Waals surface area contributed by atoms with Crippen LogP contribution in [0, 0.1) is 0 Å². The van der Waals surface area contributed by atoms with Crippen LogP contribution in [0.2, 0.25) is 0 Å². The molecule has 0 bridgehead atoms. The second-order valence-electron chi connectivity index (χ2n) is 3.39. The van der Waals surface area contributed by atoms with Crippen molar-refractivity contribution < 1.29 is 19.7 Å². The van der Waals surface area contributed by atoms with E-state index in [-0.39, 0.29) is 18.7 Å². The molecule has 0 aliphatic heterocycles. The number of unbranched alkanes of at least 4 members (excludes halogenated alkanes) is 1. The summed E-state index contributed by atoms with van der Waals surface area (Å²) in [5.74, 6) is -0.219. The van der Waals surface area contributed by atoms with E-state index in [0.29, 0.717) is 38.7 Å². The van der Waals surface area contributed by atoms with Gasteiger partial charge in [-0.2, -0.15) is 0 Å². The Balaban J connectivity index is 3.20. The van der Waals surface area contributed by atoms with Crippen molar-refractivity contribution in [3.05, 3.63) is 0 Å². The Morgan fingerprint density at radius 1 is 1.36 bits per heavy atom. The lowest BCUT2D eigenvalue weighted by Crippen LogP contribution is -2.07. The third kappa shape index (κ3) is 9.48. The lowest BCUT2D eigenvalue weighted by atomic mass is 10.2. The summed E-state index contributed by atoms with van der Waals surface area (Å²) in [5.41, 5.74) is 0. The molecule has 0 aliphatic rings. The van der Waals surface area contributed by atoms with Crippen LogP contribution in [-0.2, 0) is 9.53 Å². The van der Waals surface area contributed by atoms with E-state index in [1.165, 1.54) is 0 Å². The minimum atomic E-state index is -0.350. The maximum absolute atomic E-state index is 11.0. The molecule has 0 saturated heterocycles. The Kier molecular flexibility index (Phi) is 8.57. The highest BCUT2D eigenvalue weighted by atomic mass is 16.5. The van der Waals surface area contributed by atoms with Gasteiger partial charge in [0.15, 0.2) is 0 Å². The molecule has 0 spiro atoms. The molecule has 4 nitrogen and oxygen atoms in total. The Morgan fingerprint density at radius 3 is 2.64 bits per heavy atom. The van der Waals surface area contributed by atoms with Gasteiger partial charge in [0.05, 0.1) is 12.7 Å². The van der Waals surface area contributed by atoms with E-state index in [9.17, 15) is 4.79 Å². The van der Waals surface area contributed by atoms with Gasteiger partial charge in [-0.25, -0.2) is 0 Å². The summed E-state index contributed by atoms with van der Waals surface area (Å²) in [6.07, 6.45) is 2.68. The van der Waals surface area contributed by atoms with Crippen LogP contribution in [0.1, 0.15) is 39.0 Å². The van der Waals surface area contributed by atoms with Gasteiger partial charge in [0.25, 0.3) is 0 Å². The molecule has 0 fully saturated rings. The molecule has 84 valence electrons. The molecule has 14 heavy (non-hydrogen) atoms. The number of aliphatic hydroxyl groups excluding tert-OH is 2. The van der Waals surface area contributed by atoms with Crippen LogP contribution in [0.4, 0.5) is 0 Å². The molecule has 0 aromatic heterocycles. The van der Waals surface area contributed by atoms with Crippen LogP contribution in [0.3, 0.4) is 0 Å². The first-order valence-electron chi connectivity index (χ1n) is 5.11. The molecule has 0 heterocycles. The minimum absolute atomic E-state index is 0.138. The Hall–Kier alpha value is -0.610. The summed E-state index contributed by atoms with van der Waals surface area (Å²) in [7, 11) is 0. The van der Waals surface area contributed by atoms with Gasteiger partial charge in [-0.3, -0.25) is 4.79 Å². The molecule has 2 N–H and O–H groups in total. The van der Waals surface area contributed by atoms with E-state index in [1.54, 1.807) is 6.92 Å². The molecule has 1 atom stereocenters. The van der Waals surface area contributed by atoms with Gasteiger partial charge >= 0.3 is 5.97 Å². The van der Waals surface area contributed by atoms with Crippen LogP contribution < -0.4 is 0 Å². The number of rotatable bonds is 8. The first kappa shape index (κ1) is 13.4. The van der Waals surface area contributed by atoms with Gasteiger partial charge in [-0.1, -0.05) is 0 Å². The van der Waals surface area contributed by atoms with E-state index in [1.807, 2.05) is 0 Å². The molecule has 0 amide bonds. The molecular formula is C10H20O4. The third-order valence-electron chi connectivity index (χ3n) is 1.82. The summed E-state index contributed by atoms with van der Waals surface area (Å²) >= 11 is 0. The molecule has 0 rings (SSSR count). The summed E-state index contributed by atoms with van der Waals surface area (Å²) in [5, 5.41) is 17.4. The fourth-order valence-corrected chi connectivity index (χ4v) is 1.01. The first-order chi connectivity index (χ1) is 6.66. The number of esters is 1. The summed E-state index contributed by atoms with van der Waals surface area (Å²) in [6, 6.07) is 0. The van der Waals surface area contributed by atoms with Crippen LogP contribution in [-0.4, -0.2) is 35.5 Å². The highest BCUT2D eigenvalue weighted by Gasteiger charge is 2.03. The normalized spacial score (nSPS) is 12.5. The standard InChI is InChI=1S/C10H20O4/c1-9(12)5-4-6-10(13)14-8-3-2-7-11/h9,11-12H,2-8H2,1H3. The molecule has 0 aromatic rings. The van der Waals surface area contributed by atoms with Crippen LogP contribution in [0.5, 0.6) is 0 Å². The van der Waals surface area contributed by atoms with Crippen molar-refractivity contribution in [2.75, 3.05) is 13.2 Å². The minimum Gasteiger partial charge on any atom is -0.466 e. The second kappa shape index (κ2) is 8.97. The van der Waals surface area contributed by atoms with Gasteiger partial charge in [0.1, 0.15) is 0 Å². The number of hydrogen-bond acceptors (Lipinski definition) is 4. The highest BCUT2D eigenvalue weighted by Crippen LogP contribution is 2.02. The molecule has 4 heteroatoms. The van der Waals surface area contributed by atoms with Crippen molar-refractivity contribution >= 4 is 5.97 Å². The summed E-state index contributed by atoms with van der Waals surface area (Å²) in [6.45, 7) is 2.22. The average molecular weight is 204 g/mol. The predicted molar refractivity (Wildman–Crippen MR) is 52.8 cm³/mol. The fourth-order valence-electron chi connectivity index (χ4n) is 1.01. The zero-order chi connectivity index (χ0) is 10.8. The molecule has 0 radical (unpaired) electrons. The van der Waals surface area contributed by atoms with Crippen LogP contribution in [0.15, 0.2) is 0 Å². The highest BCUT2D eigenvalue weighted by molar-refractivity contribution is 5.69. The number of ether oxygens (including phenoxy) is 1. The topological polar surface area (TPSA) is 66.8 Å². The average Bonchev–Trinajstić information content (AvgIpc) is 2.12. The lowest BCUT2D eigenvalue weighted by Gasteiger charge is -2.05. The SMILES string of the molecule is CC(O)CCCC(=O)OCCCCO. The number of aliphatic hydroxyl groups is 2. The predicted octanol–water partition coefficient (Wildman–Crippen LogP) is 0.853. The van der Waals surface area contributed by atoms with Gasteiger partial charge in [-0.05, 0) is 32.6 Å². The van der Waals surface area contributed by atoms with E-state index in [2.05, 4.69) is 0 Å². The van der Waals surface area contributed by atoms with Crippen molar-refractivity contribution in [1.82, 2.24) is 0 Å². The number of hydrogen-bond donors (Lipinski definition) is 2. The third-order valence-corrected chi connectivity index (χ3v) is 1.82. The quantitative estimate of drug-likeness (QED) is 0.454. The molecule has 0 aromatic carbocycles. The van der Waals surface area contributed by atoms with Crippen molar-refractivity contribution in [2.45, 2.75) is 45.1 Å². The number of carbonyl (C=O) groups is 1. The van der Waals surface area contributed by atoms with Crippen molar-refractivity contribution in [1.29, 1.82) is 0 Å². The van der Waals surface area contributed by atoms with Crippen molar-refractivity contribution in [3.8, 4) is 0 Å². The lowest BCUT2D eigenvalue weighted by molar-refractivity contribution is -0.144. The molecule has 0 aliphatic carbocycles. The summed E-state index contributed by atoms with van der Waals surface area (Å²) in [4.78, 5) is 11.0. The monoisotopic (exact) mass is 204 g/mol. The Labute approximate surface area is 84.9 Å². The van der Waals surface area contributed by atoms with Crippen LogP contribution >= 0.6 is 0 Å². The molecule has 1 unspecified atom stereocenters. The number of carbonyl (C=O) groups excluding carboxylic acids is 1. The Bertz CT molecular complexity index is 145. The maximum Gasteiger partial charge on any atom is 0.305 e. The molecular weight excluding hydrogens is 184 g/mol. The van der Waals surface area contributed by atoms with Gasteiger partial charge in [-0.15, -0.1) is 0 Å². The largest absolute Gasteiger partial charge is 0.466 e. The Morgan fingerprint density at radius 2 is 2.07 bits per heavy atom. The molecule has 0 saturated carbocycles. The maximum atomic E-state index is 11.0. The van der Waals surface area contributed by atoms with E-state index >= 15 is 0 Å².